The molecule has 0 fully saturated rings. The van der Waals surface area contributed by atoms with Gasteiger partial charge in [-0.25, -0.2) is 0 Å². The summed E-state index contributed by atoms with van der Waals surface area (Å²) < 4.78 is 0. The smallest absolute Gasteiger partial charge is 0.0393 e. The molecule has 0 saturated carbocycles. The van der Waals surface area contributed by atoms with Gasteiger partial charge in [0.25, 0.3) is 0 Å². The number of hydrogen-bond acceptors (Lipinski definition) is 1. The first-order valence-electron chi connectivity index (χ1n) is 8.15. The summed E-state index contributed by atoms with van der Waals surface area (Å²) in [5.74, 6) is 0.614. The zero-order valence-electron chi connectivity index (χ0n) is 13.3. The van der Waals surface area contributed by atoms with E-state index in [1.807, 2.05) is 0 Å². The van der Waals surface area contributed by atoms with E-state index >= 15 is 0 Å². The lowest BCUT2D eigenvalue weighted by Gasteiger charge is -2.37. The molecule has 2 atom stereocenters. The molecule has 3 rings (SSSR count). The van der Waals surface area contributed by atoms with Crippen LogP contribution in [0.4, 0.5) is 0 Å². The second-order valence-corrected chi connectivity index (χ2v) is 6.02. The third-order valence-corrected chi connectivity index (χ3v) is 4.94. The van der Waals surface area contributed by atoms with Gasteiger partial charge in [-0.1, -0.05) is 56.3 Å². The van der Waals surface area contributed by atoms with Gasteiger partial charge in [0.05, 0.1) is 0 Å². The quantitative estimate of drug-likeness (QED) is 0.854. The zero-order chi connectivity index (χ0) is 14.8. The van der Waals surface area contributed by atoms with Crippen molar-refractivity contribution >= 4 is 0 Å². The fraction of sp³-hybridized carbons (Fsp3) is 0.400. The monoisotopic (exact) mass is 279 g/mol. The van der Waals surface area contributed by atoms with E-state index in [0.29, 0.717) is 12.0 Å². The molecule has 1 N–H and O–H groups in total. The summed E-state index contributed by atoms with van der Waals surface area (Å²) in [5, 5.41) is 3.59. The van der Waals surface area contributed by atoms with Gasteiger partial charge in [-0.2, -0.15) is 0 Å². The molecule has 0 heterocycles. The van der Waals surface area contributed by atoms with Crippen molar-refractivity contribution in [3.63, 3.8) is 0 Å². The third-order valence-electron chi connectivity index (χ3n) is 4.94. The van der Waals surface area contributed by atoms with Crippen LogP contribution in [-0.2, 0) is 19.3 Å². The van der Waals surface area contributed by atoms with E-state index in [4.69, 9.17) is 0 Å². The normalized spacial score (nSPS) is 18.0. The Hall–Kier alpha value is -1.60. The van der Waals surface area contributed by atoms with Crippen molar-refractivity contribution in [2.24, 2.45) is 0 Å². The molecule has 2 unspecified atom stereocenters. The van der Waals surface area contributed by atoms with Gasteiger partial charge in [0.1, 0.15) is 0 Å². The van der Waals surface area contributed by atoms with Crippen molar-refractivity contribution in [1.29, 1.82) is 0 Å². The van der Waals surface area contributed by atoms with Crippen molar-refractivity contribution in [3.8, 4) is 0 Å². The molecule has 0 spiro atoms. The molecule has 0 saturated heterocycles. The molecule has 21 heavy (non-hydrogen) atoms. The Morgan fingerprint density at radius 2 is 1.90 bits per heavy atom. The maximum atomic E-state index is 3.59. The summed E-state index contributed by atoms with van der Waals surface area (Å²) in [4.78, 5) is 0. The highest BCUT2D eigenvalue weighted by molar-refractivity contribution is 5.45. The van der Waals surface area contributed by atoms with Crippen LogP contribution in [0.5, 0.6) is 0 Å². The van der Waals surface area contributed by atoms with Crippen molar-refractivity contribution in [2.45, 2.75) is 45.1 Å². The molecule has 1 nitrogen and oxygen atoms in total. The Morgan fingerprint density at radius 1 is 1.10 bits per heavy atom. The van der Waals surface area contributed by atoms with Crippen LogP contribution in [0.3, 0.4) is 0 Å². The average molecular weight is 279 g/mol. The molecule has 0 aliphatic heterocycles. The van der Waals surface area contributed by atoms with Gasteiger partial charge in [-0.05, 0) is 54.1 Å². The maximum absolute atomic E-state index is 3.59. The fourth-order valence-electron chi connectivity index (χ4n) is 3.64. The Morgan fingerprint density at radius 3 is 2.57 bits per heavy atom. The molecular formula is C20H25N. The first-order chi connectivity index (χ1) is 10.3. The molecule has 0 aromatic heterocycles. The summed E-state index contributed by atoms with van der Waals surface area (Å²) in [5.41, 5.74) is 7.47. The Balaban J connectivity index is 1.98. The van der Waals surface area contributed by atoms with Gasteiger partial charge in [-0.15, -0.1) is 0 Å². The number of hydrogen-bond donors (Lipinski definition) is 1. The number of benzene rings is 2. The third kappa shape index (κ3) is 2.51. The molecule has 2 aromatic rings. The highest BCUT2D eigenvalue weighted by Gasteiger charge is 2.33. The van der Waals surface area contributed by atoms with Crippen LogP contribution in [0.15, 0.2) is 42.5 Å². The fourth-order valence-corrected chi connectivity index (χ4v) is 3.64. The molecule has 1 aliphatic carbocycles. The molecule has 0 bridgehead atoms. The van der Waals surface area contributed by atoms with E-state index in [1.165, 1.54) is 34.2 Å². The lowest BCUT2D eigenvalue weighted by Crippen LogP contribution is -2.32. The SMILES string of the molecule is CCc1ccc(CC)c(C(NC)C2Cc3ccccc32)c1. The minimum atomic E-state index is 0.432. The first kappa shape index (κ1) is 14.3. The predicted octanol–water partition coefficient (Wildman–Crippen LogP) is 4.41. The van der Waals surface area contributed by atoms with E-state index in [9.17, 15) is 0 Å². The van der Waals surface area contributed by atoms with Crippen LogP contribution < -0.4 is 5.32 Å². The van der Waals surface area contributed by atoms with E-state index in [2.05, 4.69) is 68.7 Å². The highest BCUT2D eigenvalue weighted by Crippen LogP contribution is 2.44. The van der Waals surface area contributed by atoms with Gasteiger partial charge in [0.2, 0.25) is 0 Å². The van der Waals surface area contributed by atoms with Crippen LogP contribution in [0, 0.1) is 0 Å². The van der Waals surface area contributed by atoms with Crippen LogP contribution in [0.25, 0.3) is 0 Å². The van der Waals surface area contributed by atoms with Gasteiger partial charge in [0, 0.05) is 12.0 Å². The van der Waals surface area contributed by atoms with Gasteiger partial charge < -0.3 is 5.32 Å². The Kier molecular flexibility index (Phi) is 4.12. The number of nitrogens with one attached hydrogen (secondary N) is 1. The molecule has 2 aromatic carbocycles. The van der Waals surface area contributed by atoms with Gasteiger partial charge in [0.15, 0.2) is 0 Å². The van der Waals surface area contributed by atoms with Crippen molar-refractivity contribution in [3.05, 3.63) is 70.3 Å². The zero-order valence-corrected chi connectivity index (χ0v) is 13.3. The van der Waals surface area contributed by atoms with Crippen molar-refractivity contribution in [2.75, 3.05) is 7.05 Å². The lowest BCUT2D eigenvalue weighted by atomic mass is 9.71. The Labute approximate surface area is 128 Å². The van der Waals surface area contributed by atoms with E-state index in [-0.39, 0.29) is 0 Å². The molecule has 0 radical (unpaired) electrons. The predicted molar refractivity (Wildman–Crippen MR) is 89.9 cm³/mol. The number of rotatable bonds is 5. The van der Waals surface area contributed by atoms with Gasteiger partial charge >= 0.3 is 0 Å². The maximum Gasteiger partial charge on any atom is 0.0393 e. The standard InChI is InChI=1S/C20H25N/c1-4-14-10-11-15(5-2)18(12-14)20(21-3)19-13-16-8-6-7-9-17(16)19/h6-12,19-21H,4-5,13H2,1-3H3. The summed E-state index contributed by atoms with van der Waals surface area (Å²) in [6, 6.07) is 16.3. The van der Waals surface area contributed by atoms with E-state index in [1.54, 1.807) is 0 Å². The van der Waals surface area contributed by atoms with Crippen LogP contribution >= 0.6 is 0 Å². The van der Waals surface area contributed by atoms with E-state index in [0.717, 1.165) is 12.8 Å². The highest BCUT2D eigenvalue weighted by atomic mass is 14.9. The minimum absolute atomic E-state index is 0.432. The first-order valence-corrected chi connectivity index (χ1v) is 8.15. The number of likely N-dealkylation sites (N-methyl/N-ethyl adjacent to an activating group) is 1. The average Bonchev–Trinajstić information content (AvgIpc) is 2.52. The summed E-state index contributed by atoms with van der Waals surface area (Å²) in [6.45, 7) is 4.49. The molecular weight excluding hydrogens is 254 g/mol. The van der Waals surface area contributed by atoms with Crippen molar-refractivity contribution in [1.82, 2.24) is 5.32 Å². The molecule has 110 valence electrons. The number of fused-ring (bicyclic) bond motifs is 1. The van der Waals surface area contributed by atoms with Gasteiger partial charge in [-0.3, -0.25) is 0 Å². The second-order valence-electron chi connectivity index (χ2n) is 6.02. The largest absolute Gasteiger partial charge is 0.312 e. The van der Waals surface area contributed by atoms with Crippen LogP contribution in [0.1, 0.15) is 53.6 Å². The summed E-state index contributed by atoms with van der Waals surface area (Å²) in [7, 11) is 2.10. The summed E-state index contributed by atoms with van der Waals surface area (Å²) in [6.07, 6.45) is 3.40. The number of aryl methyl sites for hydroxylation is 2. The molecule has 1 aliphatic rings. The van der Waals surface area contributed by atoms with Crippen molar-refractivity contribution < 1.29 is 0 Å². The van der Waals surface area contributed by atoms with Crippen LogP contribution in [-0.4, -0.2) is 7.05 Å². The topological polar surface area (TPSA) is 12.0 Å². The second kappa shape index (κ2) is 6.03. The van der Waals surface area contributed by atoms with Crippen LogP contribution in [0.2, 0.25) is 0 Å². The molecule has 0 amide bonds. The Bertz CT molecular complexity index is 629. The lowest BCUT2D eigenvalue weighted by molar-refractivity contribution is 0.436. The minimum Gasteiger partial charge on any atom is -0.312 e. The summed E-state index contributed by atoms with van der Waals surface area (Å²) >= 11 is 0. The molecule has 1 heteroatoms. The van der Waals surface area contributed by atoms with E-state index < -0.39 is 0 Å².